The van der Waals surface area contributed by atoms with E-state index < -0.39 is 42.0 Å². The van der Waals surface area contributed by atoms with E-state index in [9.17, 15) is 24.0 Å². The van der Waals surface area contributed by atoms with Crippen LogP contribution in [-0.2, 0) is 36.8 Å². The van der Waals surface area contributed by atoms with Crippen LogP contribution in [0.15, 0.2) is 60.7 Å². The van der Waals surface area contributed by atoms with Gasteiger partial charge in [0.2, 0.25) is 29.5 Å². The highest BCUT2D eigenvalue weighted by Gasteiger charge is 2.33. The zero-order chi connectivity index (χ0) is 40.6. The molecule has 5 atom stereocenters. The van der Waals surface area contributed by atoms with Crippen LogP contribution in [0.2, 0.25) is 0 Å². The van der Waals surface area contributed by atoms with Crippen LogP contribution in [0.3, 0.4) is 0 Å². The molecular weight excluding hydrogens is 683 g/mol. The van der Waals surface area contributed by atoms with E-state index in [1.807, 2.05) is 98.7 Å². The van der Waals surface area contributed by atoms with Gasteiger partial charge in [-0.2, -0.15) is 0 Å². The Morgan fingerprint density at radius 1 is 0.574 bits per heavy atom. The normalized spacial score (nSPS) is 14.7. The average Bonchev–Trinajstić information content (AvgIpc) is 3.07. The van der Waals surface area contributed by atoms with Crippen molar-refractivity contribution in [2.45, 2.75) is 117 Å². The highest BCUT2D eigenvalue weighted by Crippen LogP contribution is 2.24. The predicted octanol–water partition coefficient (Wildman–Crippen LogP) is 3.43. The molecule has 6 N–H and O–H groups in total. The molecule has 0 aliphatic carbocycles. The van der Waals surface area contributed by atoms with Gasteiger partial charge in [-0.1, -0.05) is 102 Å². The van der Waals surface area contributed by atoms with E-state index in [4.69, 9.17) is 5.73 Å². The van der Waals surface area contributed by atoms with Crippen LogP contribution in [0.1, 0.15) is 84.8 Å². The van der Waals surface area contributed by atoms with Crippen LogP contribution in [0.4, 0.5) is 0 Å². The van der Waals surface area contributed by atoms with Crippen molar-refractivity contribution >= 4 is 29.5 Å². The number of primary amides is 1. The van der Waals surface area contributed by atoms with Gasteiger partial charge >= 0.3 is 0 Å². The third kappa shape index (κ3) is 17.2. The summed E-state index contributed by atoms with van der Waals surface area (Å²) in [5, 5.41) is 11.7. The fourth-order valence-electron chi connectivity index (χ4n) is 6.20. The Kier molecular flexibility index (Phi) is 18.3. The lowest BCUT2D eigenvalue weighted by molar-refractivity contribution is -0.133. The number of nitrogens with one attached hydrogen (secondary N) is 4. The van der Waals surface area contributed by atoms with Crippen LogP contribution in [-0.4, -0.2) is 104 Å². The van der Waals surface area contributed by atoms with Gasteiger partial charge in [-0.25, -0.2) is 0 Å². The molecule has 300 valence electrons. The molecule has 5 amide bonds. The molecule has 0 fully saturated rings. The van der Waals surface area contributed by atoms with Crippen molar-refractivity contribution < 1.29 is 24.0 Å². The van der Waals surface area contributed by atoms with Gasteiger partial charge in [0.1, 0.15) is 18.1 Å². The molecule has 2 aromatic rings. The Labute approximate surface area is 323 Å². The van der Waals surface area contributed by atoms with E-state index in [-0.39, 0.29) is 41.4 Å². The molecule has 0 aromatic heterocycles. The summed E-state index contributed by atoms with van der Waals surface area (Å²) in [6, 6.07) is 15.4. The molecular formula is C42H67N7O5. The van der Waals surface area contributed by atoms with Crippen molar-refractivity contribution in [1.29, 1.82) is 0 Å². The number of amides is 5. The van der Waals surface area contributed by atoms with E-state index >= 15 is 0 Å². The molecule has 12 nitrogen and oxygen atoms in total. The third-order valence-corrected chi connectivity index (χ3v) is 9.17. The minimum atomic E-state index is -0.974. The molecule has 0 saturated heterocycles. The van der Waals surface area contributed by atoms with Crippen LogP contribution < -0.4 is 27.0 Å². The molecule has 54 heavy (non-hydrogen) atoms. The first-order valence-corrected chi connectivity index (χ1v) is 19.1. The quantitative estimate of drug-likeness (QED) is 0.122. The second-order valence-corrected chi connectivity index (χ2v) is 17.2. The van der Waals surface area contributed by atoms with Crippen molar-refractivity contribution in [2.75, 3.05) is 34.7 Å². The first-order chi connectivity index (χ1) is 25.2. The molecule has 0 heterocycles. The number of nitrogens with zero attached hydrogens (tertiary/aromatic N) is 2. The Bertz CT molecular complexity index is 1490. The molecule has 12 heteroatoms. The number of benzene rings is 2. The molecule has 2 aromatic carbocycles. The number of hydrogen-bond acceptors (Lipinski definition) is 7. The van der Waals surface area contributed by atoms with Gasteiger partial charge in [0.05, 0.1) is 12.1 Å². The molecule has 0 aliphatic rings. The van der Waals surface area contributed by atoms with Gasteiger partial charge in [-0.3, -0.25) is 33.8 Å². The second kappa shape index (κ2) is 21.6. The first kappa shape index (κ1) is 45.9. The van der Waals surface area contributed by atoms with Crippen LogP contribution >= 0.6 is 0 Å². The van der Waals surface area contributed by atoms with Crippen molar-refractivity contribution in [3.05, 3.63) is 71.8 Å². The van der Waals surface area contributed by atoms with Crippen molar-refractivity contribution in [1.82, 2.24) is 31.1 Å². The SMILES string of the molecule is CN(C)[C@@H](CC(C)(C)C)C(=O)N[C@@H](Cc1ccccc1)C(=O)NCCCC[C@H](NC(=O)[C@H](Cc1ccccc1)NC(=O)[C@H](CC(C)(C)C)N(C)C)C(N)=O. The van der Waals surface area contributed by atoms with Gasteiger partial charge in [0, 0.05) is 19.4 Å². The van der Waals surface area contributed by atoms with Crippen LogP contribution in [0.25, 0.3) is 0 Å². The summed E-state index contributed by atoms with van der Waals surface area (Å²) in [6.07, 6.45) is 2.99. The fraction of sp³-hybridized carbons (Fsp3) is 0.595. The number of nitrogens with two attached hydrogens (primary N) is 1. The third-order valence-electron chi connectivity index (χ3n) is 9.17. The largest absolute Gasteiger partial charge is 0.368 e. The van der Waals surface area contributed by atoms with Gasteiger partial charge in [0.15, 0.2) is 0 Å². The highest BCUT2D eigenvalue weighted by atomic mass is 16.2. The minimum absolute atomic E-state index is 0.0936. The van der Waals surface area contributed by atoms with Crippen LogP contribution in [0, 0.1) is 10.8 Å². The van der Waals surface area contributed by atoms with Crippen LogP contribution in [0.5, 0.6) is 0 Å². The van der Waals surface area contributed by atoms with Crippen molar-refractivity contribution in [3.63, 3.8) is 0 Å². The Hall–Kier alpha value is -4.29. The summed E-state index contributed by atoms with van der Waals surface area (Å²) < 4.78 is 0. The van der Waals surface area contributed by atoms with Crippen molar-refractivity contribution in [2.24, 2.45) is 16.6 Å². The Balaban J connectivity index is 2.08. The predicted molar refractivity (Wildman–Crippen MR) is 215 cm³/mol. The fourth-order valence-corrected chi connectivity index (χ4v) is 6.20. The molecule has 0 saturated carbocycles. The number of hydrogen-bond donors (Lipinski definition) is 5. The number of carbonyl (C=O) groups is 5. The van der Waals surface area contributed by atoms with Crippen molar-refractivity contribution in [3.8, 4) is 0 Å². The number of unbranched alkanes of at least 4 members (excludes halogenated alkanes) is 1. The number of carbonyl (C=O) groups excluding carboxylic acids is 5. The molecule has 0 aliphatic heterocycles. The Morgan fingerprint density at radius 2 is 0.963 bits per heavy atom. The molecule has 0 unspecified atom stereocenters. The maximum Gasteiger partial charge on any atom is 0.243 e. The number of rotatable bonds is 21. The van der Waals surface area contributed by atoms with Gasteiger partial charge < -0.3 is 27.0 Å². The minimum Gasteiger partial charge on any atom is -0.368 e. The summed E-state index contributed by atoms with van der Waals surface area (Å²) in [5.74, 6) is -1.97. The smallest absolute Gasteiger partial charge is 0.243 e. The van der Waals surface area contributed by atoms with Gasteiger partial charge in [-0.15, -0.1) is 0 Å². The summed E-state index contributed by atoms with van der Waals surface area (Å²) in [7, 11) is 7.39. The molecule has 0 radical (unpaired) electrons. The zero-order valence-corrected chi connectivity index (χ0v) is 34.3. The lowest BCUT2D eigenvalue weighted by Crippen LogP contribution is -2.56. The van der Waals surface area contributed by atoms with E-state index in [1.165, 1.54) is 0 Å². The maximum absolute atomic E-state index is 13.7. The average molecular weight is 750 g/mol. The summed E-state index contributed by atoms with van der Waals surface area (Å²) >= 11 is 0. The maximum atomic E-state index is 13.7. The summed E-state index contributed by atoms with van der Waals surface area (Å²) in [4.78, 5) is 70.4. The molecule has 0 bridgehead atoms. The summed E-state index contributed by atoms with van der Waals surface area (Å²) in [6.45, 7) is 12.7. The van der Waals surface area contributed by atoms with Gasteiger partial charge in [0.25, 0.3) is 0 Å². The zero-order valence-electron chi connectivity index (χ0n) is 34.3. The summed E-state index contributed by atoms with van der Waals surface area (Å²) in [5.41, 5.74) is 7.30. The van der Waals surface area contributed by atoms with E-state index in [0.717, 1.165) is 11.1 Å². The van der Waals surface area contributed by atoms with E-state index in [0.29, 0.717) is 38.6 Å². The van der Waals surface area contributed by atoms with E-state index in [1.54, 1.807) is 0 Å². The van der Waals surface area contributed by atoms with Gasteiger partial charge in [-0.05, 0) is 82.3 Å². The Morgan fingerprint density at radius 3 is 1.33 bits per heavy atom. The molecule has 2 rings (SSSR count). The standard InChI is InChI=1S/C42H67N7O5/c1-41(2,3)27-34(48(7)8)39(53)46-32(25-29-19-13-11-14-20-29)37(51)44-24-18-17-23-31(36(43)50)45-38(52)33(26-30-21-15-12-16-22-30)47-40(54)35(49(9)10)28-42(4,5)6/h11-16,19-22,31-35H,17-18,23-28H2,1-10H3,(H2,43,50)(H,44,51)(H,45,52)(H,46,53)(H,47,54)/t31-,32-,33-,34-,35-/m0/s1. The second-order valence-electron chi connectivity index (χ2n) is 17.2. The molecule has 0 spiro atoms. The topological polar surface area (TPSA) is 166 Å². The highest BCUT2D eigenvalue weighted by molar-refractivity contribution is 5.93. The monoisotopic (exact) mass is 750 g/mol. The van der Waals surface area contributed by atoms with E-state index in [2.05, 4.69) is 62.8 Å². The lowest BCUT2D eigenvalue weighted by atomic mass is 9.87. The first-order valence-electron chi connectivity index (χ1n) is 19.1. The number of likely N-dealkylation sites (N-methyl/N-ethyl adjacent to an activating group) is 2. The lowest BCUT2D eigenvalue weighted by Gasteiger charge is -2.31.